The molecule has 16 heavy (non-hydrogen) atoms. The molecule has 0 aromatic heterocycles. The Morgan fingerprint density at radius 3 is 2.94 bits per heavy atom. The zero-order chi connectivity index (χ0) is 11.9. The van der Waals surface area contributed by atoms with Gasteiger partial charge in [-0.2, -0.15) is 0 Å². The van der Waals surface area contributed by atoms with Gasteiger partial charge in [0.2, 0.25) is 10.0 Å². The van der Waals surface area contributed by atoms with Gasteiger partial charge in [0.25, 0.3) is 0 Å². The minimum absolute atomic E-state index is 0.120. The van der Waals surface area contributed by atoms with Crippen LogP contribution in [0.25, 0.3) is 0 Å². The van der Waals surface area contributed by atoms with E-state index in [1.54, 1.807) is 6.92 Å². The van der Waals surface area contributed by atoms with E-state index in [4.69, 9.17) is 4.74 Å². The number of hydrogen-bond acceptors (Lipinski definition) is 4. The van der Waals surface area contributed by atoms with Crippen LogP contribution in [0.3, 0.4) is 0 Å². The van der Waals surface area contributed by atoms with Gasteiger partial charge in [-0.3, -0.25) is 0 Å². The number of ether oxygens (including phenoxy) is 1. The van der Waals surface area contributed by atoms with Crippen molar-refractivity contribution < 1.29 is 13.2 Å². The van der Waals surface area contributed by atoms with Crippen LogP contribution in [0.4, 0.5) is 0 Å². The number of sulfonamides is 1. The number of hydrogen-bond donors (Lipinski definition) is 2. The SMILES string of the molecule is CCNS(=O)(=O)CCNCC1=CCCOC1. The van der Waals surface area contributed by atoms with E-state index in [0.29, 0.717) is 26.2 Å². The summed E-state index contributed by atoms with van der Waals surface area (Å²) in [4.78, 5) is 0. The van der Waals surface area contributed by atoms with Gasteiger partial charge in [0.1, 0.15) is 0 Å². The Hall–Kier alpha value is -0.430. The van der Waals surface area contributed by atoms with Crippen LogP contribution in [-0.2, 0) is 14.8 Å². The van der Waals surface area contributed by atoms with Crippen LogP contribution in [0, 0.1) is 0 Å². The fourth-order valence-corrected chi connectivity index (χ4v) is 2.48. The summed E-state index contributed by atoms with van der Waals surface area (Å²) in [5.74, 6) is 0.120. The van der Waals surface area contributed by atoms with Crippen molar-refractivity contribution in [2.24, 2.45) is 0 Å². The minimum atomic E-state index is -3.10. The van der Waals surface area contributed by atoms with Crippen molar-refractivity contribution >= 4 is 10.0 Å². The lowest BCUT2D eigenvalue weighted by molar-refractivity contribution is 0.149. The highest BCUT2D eigenvalue weighted by molar-refractivity contribution is 7.89. The van der Waals surface area contributed by atoms with Crippen molar-refractivity contribution in [1.82, 2.24) is 10.0 Å². The van der Waals surface area contributed by atoms with Crippen molar-refractivity contribution in [3.63, 3.8) is 0 Å². The summed E-state index contributed by atoms with van der Waals surface area (Å²) in [6.45, 7) is 4.84. The highest BCUT2D eigenvalue weighted by Crippen LogP contribution is 2.03. The summed E-state index contributed by atoms with van der Waals surface area (Å²) in [6, 6.07) is 0. The molecule has 94 valence electrons. The molecule has 0 aromatic carbocycles. The predicted octanol–water partition coefficient (Wildman–Crippen LogP) is -0.138. The summed E-state index contributed by atoms with van der Waals surface area (Å²) in [5, 5.41) is 3.10. The average molecular weight is 248 g/mol. The van der Waals surface area contributed by atoms with Gasteiger partial charge in [-0.25, -0.2) is 13.1 Å². The van der Waals surface area contributed by atoms with Gasteiger partial charge in [-0.1, -0.05) is 13.0 Å². The third-order valence-electron chi connectivity index (χ3n) is 2.25. The standard InChI is InChI=1S/C10H20N2O3S/c1-2-12-16(13,14)7-5-11-8-10-4-3-6-15-9-10/h4,11-12H,2-3,5-9H2,1H3. The molecule has 1 aliphatic heterocycles. The van der Waals surface area contributed by atoms with Crippen molar-refractivity contribution in [3.8, 4) is 0 Å². The van der Waals surface area contributed by atoms with E-state index in [1.807, 2.05) is 0 Å². The third kappa shape index (κ3) is 5.60. The van der Waals surface area contributed by atoms with Crippen LogP contribution < -0.4 is 10.0 Å². The Morgan fingerprint density at radius 1 is 1.50 bits per heavy atom. The van der Waals surface area contributed by atoms with E-state index in [0.717, 1.165) is 13.0 Å². The zero-order valence-corrected chi connectivity index (χ0v) is 10.5. The molecule has 1 aliphatic rings. The first-order valence-electron chi connectivity index (χ1n) is 5.58. The van der Waals surface area contributed by atoms with E-state index in [1.165, 1.54) is 5.57 Å². The smallest absolute Gasteiger partial charge is 0.212 e. The minimum Gasteiger partial charge on any atom is -0.377 e. The molecule has 0 saturated heterocycles. The molecule has 1 heterocycles. The average Bonchev–Trinajstić information content (AvgIpc) is 2.26. The molecule has 0 atom stereocenters. The monoisotopic (exact) mass is 248 g/mol. The molecule has 0 fully saturated rings. The molecular weight excluding hydrogens is 228 g/mol. The first-order chi connectivity index (χ1) is 7.64. The maximum Gasteiger partial charge on any atom is 0.212 e. The van der Waals surface area contributed by atoms with Gasteiger partial charge >= 0.3 is 0 Å². The van der Waals surface area contributed by atoms with Crippen molar-refractivity contribution in [2.45, 2.75) is 13.3 Å². The Labute approximate surface area is 97.3 Å². The summed E-state index contributed by atoms with van der Waals surface area (Å²) in [7, 11) is -3.10. The van der Waals surface area contributed by atoms with Crippen LogP contribution in [0.1, 0.15) is 13.3 Å². The van der Waals surface area contributed by atoms with Crippen molar-refractivity contribution in [3.05, 3.63) is 11.6 Å². The Kier molecular flexibility index (Phi) is 5.97. The summed E-state index contributed by atoms with van der Waals surface area (Å²) in [6.07, 6.45) is 3.10. The number of nitrogens with one attached hydrogen (secondary N) is 2. The van der Waals surface area contributed by atoms with Gasteiger partial charge in [0, 0.05) is 19.6 Å². The van der Waals surface area contributed by atoms with E-state index in [-0.39, 0.29) is 5.75 Å². The lowest BCUT2D eigenvalue weighted by Crippen LogP contribution is -2.33. The maximum absolute atomic E-state index is 11.3. The largest absolute Gasteiger partial charge is 0.377 e. The summed E-state index contributed by atoms with van der Waals surface area (Å²) < 4.78 is 30.3. The second-order valence-electron chi connectivity index (χ2n) is 3.70. The quantitative estimate of drug-likeness (QED) is 0.486. The van der Waals surface area contributed by atoms with Gasteiger partial charge < -0.3 is 10.1 Å². The summed E-state index contributed by atoms with van der Waals surface area (Å²) in [5.41, 5.74) is 1.20. The molecule has 0 spiro atoms. The molecule has 0 unspecified atom stereocenters. The van der Waals surface area contributed by atoms with Gasteiger partial charge in [0.05, 0.1) is 19.0 Å². The molecule has 0 radical (unpaired) electrons. The van der Waals surface area contributed by atoms with E-state index in [9.17, 15) is 8.42 Å². The molecule has 0 bridgehead atoms. The Morgan fingerprint density at radius 2 is 2.31 bits per heavy atom. The van der Waals surface area contributed by atoms with E-state index >= 15 is 0 Å². The number of rotatable bonds is 7. The Bertz CT molecular complexity index is 325. The third-order valence-corrected chi connectivity index (χ3v) is 3.72. The topological polar surface area (TPSA) is 67.4 Å². The molecule has 0 aliphatic carbocycles. The fourth-order valence-electron chi connectivity index (χ4n) is 1.48. The van der Waals surface area contributed by atoms with Gasteiger partial charge in [-0.15, -0.1) is 0 Å². The second kappa shape index (κ2) is 7.01. The van der Waals surface area contributed by atoms with Crippen LogP contribution in [0.15, 0.2) is 11.6 Å². The van der Waals surface area contributed by atoms with Gasteiger partial charge in [0.15, 0.2) is 0 Å². The predicted molar refractivity (Wildman–Crippen MR) is 63.9 cm³/mol. The normalized spacial score (nSPS) is 17.2. The van der Waals surface area contributed by atoms with Crippen LogP contribution in [-0.4, -0.2) is 47.0 Å². The first-order valence-corrected chi connectivity index (χ1v) is 7.23. The second-order valence-corrected chi connectivity index (χ2v) is 5.62. The molecule has 2 N–H and O–H groups in total. The summed E-state index contributed by atoms with van der Waals surface area (Å²) >= 11 is 0. The lowest BCUT2D eigenvalue weighted by atomic mass is 10.2. The lowest BCUT2D eigenvalue weighted by Gasteiger charge is -2.14. The molecule has 5 nitrogen and oxygen atoms in total. The highest BCUT2D eigenvalue weighted by atomic mass is 32.2. The van der Waals surface area contributed by atoms with Crippen molar-refractivity contribution in [1.29, 1.82) is 0 Å². The van der Waals surface area contributed by atoms with Crippen molar-refractivity contribution in [2.75, 3.05) is 38.6 Å². The van der Waals surface area contributed by atoms with Crippen LogP contribution in [0.2, 0.25) is 0 Å². The molecular formula is C10H20N2O3S. The fraction of sp³-hybridized carbons (Fsp3) is 0.800. The maximum atomic E-state index is 11.3. The van der Waals surface area contributed by atoms with Gasteiger partial charge in [-0.05, 0) is 12.0 Å². The molecule has 0 amide bonds. The van der Waals surface area contributed by atoms with E-state index < -0.39 is 10.0 Å². The Balaban J connectivity index is 2.14. The van der Waals surface area contributed by atoms with Crippen LogP contribution >= 0.6 is 0 Å². The van der Waals surface area contributed by atoms with Crippen LogP contribution in [0.5, 0.6) is 0 Å². The molecule has 1 rings (SSSR count). The molecule has 0 saturated carbocycles. The zero-order valence-electron chi connectivity index (χ0n) is 9.66. The first kappa shape index (κ1) is 13.6. The highest BCUT2D eigenvalue weighted by Gasteiger charge is 2.08. The van der Waals surface area contributed by atoms with E-state index in [2.05, 4.69) is 16.1 Å². The molecule has 6 heteroatoms. The molecule has 0 aromatic rings.